The van der Waals surface area contributed by atoms with Gasteiger partial charge in [0.15, 0.2) is 5.78 Å². The van der Waals surface area contributed by atoms with Crippen molar-refractivity contribution in [3.05, 3.63) is 63.7 Å². The normalized spacial score (nSPS) is 14.8. The average Bonchev–Trinajstić information content (AvgIpc) is 2.86. The van der Waals surface area contributed by atoms with Crippen LogP contribution in [0.25, 0.3) is 5.57 Å². The van der Waals surface area contributed by atoms with Crippen LogP contribution in [0.1, 0.15) is 47.6 Å². The van der Waals surface area contributed by atoms with Gasteiger partial charge < -0.3 is 0 Å². The lowest BCUT2D eigenvalue weighted by molar-refractivity contribution is -0.113. The third kappa shape index (κ3) is 3.69. The number of anilines is 1. The van der Waals surface area contributed by atoms with Crippen LogP contribution in [0.5, 0.6) is 0 Å². The third-order valence-corrected chi connectivity index (χ3v) is 6.66. The number of Topliss-reactive ketones (excluding diaryl/α,β-unsaturated/α-hetero) is 1. The second-order valence-corrected chi connectivity index (χ2v) is 9.08. The van der Waals surface area contributed by atoms with Crippen LogP contribution < -0.4 is 4.72 Å². The Morgan fingerprint density at radius 2 is 1.48 bits per heavy atom. The van der Waals surface area contributed by atoms with Crippen LogP contribution in [0.4, 0.5) is 5.69 Å². The summed E-state index contributed by atoms with van der Waals surface area (Å²) >= 11 is 0. The quantitative estimate of drug-likeness (QED) is 0.820. The summed E-state index contributed by atoms with van der Waals surface area (Å²) in [6.45, 7) is 9.43. The summed E-state index contributed by atoms with van der Waals surface area (Å²) in [7, 11) is -3.78. The van der Waals surface area contributed by atoms with Crippen molar-refractivity contribution >= 4 is 27.1 Å². The minimum atomic E-state index is -3.78. The fourth-order valence-corrected chi connectivity index (χ4v) is 5.44. The first-order valence-corrected chi connectivity index (χ1v) is 10.5. The number of benzene rings is 2. The number of hydrogen-bond donors (Lipinski definition) is 1. The van der Waals surface area contributed by atoms with E-state index >= 15 is 0 Å². The molecule has 0 saturated heterocycles. The Morgan fingerprint density at radius 3 is 2.04 bits per heavy atom. The molecule has 0 amide bonds. The summed E-state index contributed by atoms with van der Waals surface area (Å²) < 4.78 is 29.1. The van der Waals surface area contributed by atoms with Crippen molar-refractivity contribution in [2.75, 3.05) is 4.72 Å². The highest BCUT2D eigenvalue weighted by atomic mass is 32.2. The van der Waals surface area contributed by atoms with Crippen molar-refractivity contribution in [3.63, 3.8) is 0 Å². The summed E-state index contributed by atoms with van der Waals surface area (Å²) in [6.07, 6.45) is 1.21. The molecule has 2 aromatic rings. The van der Waals surface area contributed by atoms with Gasteiger partial charge in [-0.05, 0) is 64.3 Å². The maximum Gasteiger partial charge on any atom is 0.262 e. The molecule has 0 fully saturated rings. The summed E-state index contributed by atoms with van der Waals surface area (Å²) in [6, 6.07) is 9.21. The van der Waals surface area contributed by atoms with Gasteiger partial charge in [0.05, 0.1) is 10.6 Å². The molecule has 0 aliphatic heterocycles. The predicted octanol–water partition coefficient (Wildman–Crippen LogP) is 4.86. The number of sulfonamides is 1. The van der Waals surface area contributed by atoms with Gasteiger partial charge in [0.2, 0.25) is 0 Å². The Balaban J connectivity index is 2.12. The zero-order valence-electron chi connectivity index (χ0n) is 16.4. The Hall–Kier alpha value is -2.40. The van der Waals surface area contributed by atoms with Crippen LogP contribution in [0, 0.1) is 27.7 Å². The van der Waals surface area contributed by atoms with Crippen LogP contribution in [0.15, 0.2) is 40.8 Å². The molecular formula is C22H25NO3S. The maximum absolute atomic E-state index is 13.2. The predicted molar refractivity (Wildman–Crippen MR) is 109 cm³/mol. The molecule has 0 saturated carbocycles. The number of nitrogens with one attached hydrogen (secondary N) is 1. The first kappa shape index (κ1) is 19.4. The number of rotatable bonds is 4. The highest BCUT2D eigenvalue weighted by molar-refractivity contribution is 7.92. The van der Waals surface area contributed by atoms with E-state index < -0.39 is 10.0 Å². The van der Waals surface area contributed by atoms with Gasteiger partial charge in [-0.1, -0.05) is 34.9 Å². The van der Waals surface area contributed by atoms with Crippen LogP contribution in [-0.2, 0) is 14.8 Å². The van der Waals surface area contributed by atoms with E-state index in [2.05, 4.69) is 4.72 Å². The molecule has 1 aliphatic carbocycles. The van der Waals surface area contributed by atoms with Crippen molar-refractivity contribution in [2.45, 2.75) is 52.4 Å². The third-order valence-electron chi connectivity index (χ3n) is 4.99. The number of carbonyl (C=O) groups excluding carboxylic acids is 1. The number of allylic oxidation sites excluding steroid dienone is 2. The van der Waals surface area contributed by atoms with Gasteiger partial charge >= 0.3 is 0 Å². The molecule has 1 aliphatic rings. The van der Waals surface area contributed by atoms with Gasteiger partial charge in [-0.25, -0.2) is 8.42 Å². The largest absolute Gasteiger partial charge is 0.294 e. The Bertz CT molecular complexity index is 1060. The minimum absolute atomic E-state index is 0.0706. The Kier molecular flexibility index (Phi) is 5.00. The zero-order valence-corrected chi connectivity index (χ0v) is 17.3. The van der Waals surface area contributed by atoms with Gasteiger partial charge in [-0.15, -0.1) is 0 Å². The summed E-state index contributed by atoms with van der Waals surface area (Å²) in [5.74, 6) is 0.0706. The zero-order chi connectivity index (χ0) is 19.9. The number of ketones is 1. The summed E-state index contributed by atoms with van der Waals surface area (Å²) in [5, 5.41) is 0. The van der Waals surface area contributed by atoms with Gasteiger partial charge in [-0.3, -0.25) is 9.52 Å². The Labute approximate surface area is 161 Å². The minimum Gasteiger partial charge on any atom is -0.294 e. The summed E-state index contributed by atoms with van der Waals surface area (Å²) in [4.78, 5) is 12.7. The van der Waals surface area contributed by atoms with Crippen LogP contribution in [0.2, 0.25) is 0 Å². The lowest BCUT2D eigenvalue weighted by Crippen LogP contribution is -2.17. The van der Waals surface area contributed by atoms with E-state index in [4.69, 9.17) is 0 Å². The lowest BCUT2D eigenvalue weighted by Gasteiger charge is -2.17. The highest BCUT2D eigenvalue weighted by Gasteiger charge is 2.26. The number of carbonyl (C=O) groups is 1. The van der Waals surface area contributed by atoms with Gasteiger partial charge in [0.1, 0.15) is 0 Å². The fraction of sp³-hybridized carbons (Fsp3) is 0.318. The molecule has 0 unspecified atom stereocenters. The highest BCUT2D eigenvalue weighted by Crippen LogP contribution is 2.36. The van der Waals surface area contributed by atoms with E-state index in [-0.39, 0.29) is 5.78 Å². The topological polar surface area (TPSA) is 63.2 Å². The average molecular weight is 384 g/mol. The smallest absolute Gasteiger partial charge is 0.262 e. The van der Waals surface area contributed by atoms with E-state index in [0.717, 1.165) is 23.1 Å². The molecule has 0 bridgehead atoms. The first-order valence-electron chi connectivity index (χ1n) is 9.05. The lowest BCUT2D eigenvalue weighted by atomic mass is 9.98. The van der Waals surface area contributed by atoms with Gasteiger partial charge in [0, 0.05) is 17.6 Å². The molecule has 142 valence electrons. The Morgan fingerprint density at radius 1 is 0.852 bits per heavy atom. The SMILES string of the molecule is CC1=C(c2cc(C)ccc2NS(=O)(=O)c2c(C)cc(C)cc2C)C(=O)CC1. The molecular weight excluding hydrogens is 358 g/mol. The van der Waals surface area contributed by atoms with E-state index in [1.54, 1.807) is 19.9 Å². The second kappa shape index (κ2) is 6.97. The van der Waals surface area contributed by atoms with E-state index in [0.29, 0.717) is 39.3 Å². The monoisotopic (exact) mass is 383 g/mol. The van der Waals surface area contributed by atoms with Crippen molar-refractivity contribution in [3.8, 4) is 0 Å². The molecule has 5 heteroatoms. The molecule has 0 aromatic heterocycles. The number of hydrogen-bond acceptors (Lipinski definition) is 3. The van der Waals surface area contributed by atoms with E-state index in [1.807, 2.05) is 45.0 Å². The molecule has 27 heavy (non-hydrogen) atoms. The molecule has 0 heterocycles. The van der Waals surface area contributed by atoms with Crippen LogP contribution >= 0.6 is 0 Å². The van der Waals surface area contributed by atoms with Crippen molar-refractivity contribution in [1.82, 2.24) is 0 Å². The first-order chi connectivity index (χ1) is 12.6. The maximum atomic E-state index is 13.2. The second-order valence-electron chi connectivity index (χ2n) is 7.46. The van der Waals surface area contributed by atoms with Gasteiger partial charge in [-0.2, -0.15) is 0 Å². The standard InChI is InChI=1S/C22H25NO3S/c1-13-6-8-19(18(12-13)21-15(3)7-9-20(21)24)23-27(25,26)22-16(4)10-14(2)11-17(22)5/h6,8,10-12,23H,7,9H2,1-5H3. The molecule has 0 spiro atoms. The summed E-state index contributed by atoms with van der Waals surface area (Å²) in [5.41, 5.74) is 6.20. The van der Waals surface area contributed by atoms with Crippen LogP contribution in [-0.4, -0.2) is 14.2 Å². The van der Waals surface area contributed by atoms with Crippen LogP contribution in [0.3, 0.4) is 0 Å². The van der Waals surface area contributed by atoms with E-state index in [1.165, 1.54) is 0 Å². The molecule has 0 atom stereocenters. The molecule has 3 rings (SSSR count). The van der Waals surface area contributed by atoms with Crippen molar-refractivity contribution in [2.24, 2.45) is 0 Å². The molecule has 4 nitrogen and oxygen atoms in total. The van der Waals surface area contributed by atoms with E-state index in [9.17, 15) is 13.2 Å². The number of aryl methyl sites for hydroxylation is 4. The molecule has 2 aromatic carbocycles. The molecule has 1 N–H and O–H groups in total. The van der Waals surface area contributed by atoms with Gasteiger partial charge in [0.25, 0.3) is 10.0 Å². The van der Waals surface area contributed by atoms with Crippen molar-refractivity contribution in [1.29, 1.82) is 0 Å². The fourth-order valence-electron chi connectivity index (χ4n) is 3.91. The van der Waals surface area contributed by atoms with Crippen molar-refractivity contribution < 1.29 is 13.2 Å². The molecule has 0 radical (unpaired) electrons.